The van der Waals surface area contributed by atoms with Crippen molar-refractivity contribution in [3.8, 4) is 17.2 Å². The molecular weight excluding hydrogens is 533 g/mol. The number of halogens is 1. The van der Waals surface area contributed by atoms with Crippen LogP contribution in [-0.4, -0.2) is 71.5 Å². The number of rotatable bonds is 2. The van der Waals surface area contributed by atoms with Crippen molar-refractivity contribution in [3.05, 3.63) is 77.6 Å². The van der Waals surface area contributed by atoms with Gasteiger partial charge in [0.25, 0.3) is 11.8 Å². The summed E-state index contributed by atoms with van der Waals surface area (Å²) >= 11 is 0. The fourth-order valence-electron chi connectivity index (χ4n) is 4.88. The van der Waals surface area contributed by atoms with Crippen molar-refractivity contribution < 1.29 is 33.0 Å². The number of nitrogens with one attached hydrogen (secondary N) is 2. The minimum Gasteiger partial charge on any atom is -0.493 e. The van der Waals surface area contributed by atoms with E-state index in [2.05, 4.69) is 20.6 Å². The second kappa shape index (κ2) is 12.6. The number of piperidine rings is 1. The molecule has 4 bridgehead atoms. The van der Waals surface area contributed by atoms with Crippen molar-refractivity contribution in [3.63, 3.8) is 0 Å². The number of aromatic nitrogens is 2. The molecule has 214 valence electrons. The lowest BCUT2D eigenvalue weighted by Crippen LogP contribution is -2.58. The van der Waals surface area contributed by atoms with Crippen LogP contribution in [0, 0.1) is 5.82 Å². The van der Waals surface area contributed by atoms with Crippen LogP contribution in [-0.2, 0) is 22.6 Å². The Morgan fingerprint density at radius 1 is 1.07 bits per heavy atom. The summed E-state index contributed by atoms with van der Waals surface area (Å²) in [5.74, 6) is -0.361. The van der Waals surface area contributed by atoms with Gasteiger partial charge in [0, 0.05) is 50.9 Å². The molecule has 3 aromatic rings. The van der Waals surface area contributed by atoms with Crippen molar-refractivity contribution in [2.75, 3.05) is 26.8 Å². The molecule has 2 atom stereocenters. The number of hydrogen-bond acceptors (Lipinski definition) is 8. The third-order valence-corrected chi connectivity index (χ3v) is 6.93. The Balaban J connectivity index is 1.41. The van der Waals surface area contributed by atoms with Crippen LogP contribution in [0.1, 0.15) is 34.3 Å². The van der Waals surface area contributed by atoms with E-state index in [1.54, 1.807) is 23.1 Å². The van der Waals surface area contributed by atoms with Gasteiger partial charge in [0.2, 0.25) is 5.91 Å². The Kier molecular flexibility index (Phi) is 8.56. The van der Waals surface area contributed by atoms with E-state index in [9.17, 15) is 18.8 Å². The lowest BCUT2D eigenvalue weighted by Gasteiger charge is -2.38. The molecule has 0 unspecified atom stereocenters. The van der Waals surface area contributed by atoms with E-state index in [1.807, 2.05) is 6.07 Å². The van der Waals surface area contributed by atoms with Gasteiger partial charge < -0.3 is 29.7 Å². The molecule has 3 amide bonds. The number of ether oxygens (including phenoxy) is 3. The van der Waals surface area contributed by atoms with Gasteiger partial charge in [0.1, 0.15) is 24.0 Å². The average molecular weight is 564 g/mol. The maximum absolute atomic E-state index is 14.5. The van der Waals surface area contributed by atoms with Crippen molar-refractivity contribution in [1.29, 1.82) is 0 Å². The summed E-state index contributed by atoms with van der Waals surface area (Å²) in [5.41, 5.74) is 1.68. The van der Waals surface area contributed by atoms with Crippen LogP contribution in [0.2, 0.25) is 0 Å². The number of hydrogen-bond donors (Lipinski definition) is 2. The molecule has 5 rings (SSSR count). The fourth-order valence-corrected chi connectivity index (χ4v) is 4.88. The fraction of sp³-hybridized carbons (Fsp3) is 0.345. The molecule has 0 radical (unpaired) electrons. The van der Waals surface area contributed by atoms with Gasteiger partial charge in [-0.15, -0.1) is 0 Å². The van der Waals surface area contributed by atoms with Gasteiger partial charge in [-0.3, -0.25) is 14.4 Å². The van der Waals surface area contributed by atoms with Crippen molar-refractivity contribution >= 4 is 17.7 Å². The number of methoxy groups -OCH3 is 1. The van der Waals surface area contributed by atoms with Crippen LogP contribution in [0.25, 0.3) is 0 Å². The number of aryl methyl sites for hydroxylation is 1. The second-order valence-electron chi connectivity index (χ2n) is 9.84. The first kappa shape index (κ1) is 27.8. The molecule has 1 saturated heterocycles. The van der Waals surface area contributed by atoms with E-state index in [4.69, 9.17) is 14.2 Å². The number of benzene rings is 2. The summed E-state index contributed by atoms with van der Waals surface area (Å²) < 4.78 is 31.9. The van der Waals surface area contributed by atoms with Gasteiger partial charge >= 0.3 is 0 Å². The Bertz CT molecular complexity index is 1420. The molecule has 1 fully saturated rings. The molecule has 2 aromatic carbocycles. The summed E-state index contributed by atoms with van der Waals surface area (Å²) in [6.07, 6.45) is 4.63. The first-order valence-electron chi connectivity index (χ1n) is 13.2. The van der Waals surface area contributed by atoms with Crippen LogP contribution < -0.4 is 24.8 Å². The molecule has 0 saturated carbocycles. The monoisotopic (exact) mass is 563 g/mol. The van der Waals surface area contributed by atoms with Crippen LogP contribution in [0.4, 0.5) is 4.39 Å². The SMILES string of the molecule is COc1ccc2cc1OCC(=O)N[C@@H]1CN(C(=O)c3cncnc3)CC[C@H]1Oc1cc(F)cc(c1)CNC(=O)CC2. The van der Waals surface area contributed by atoms with E-state index in [-0.39, 0.29) is 43.7 Å². The standard InChI is InChI=1S/C29H30FN5O6/c1-39-25-4-2-18-3-5-27(36)33-12-19-8-21(30)11-22(9-19)41-24-6-7-35(29(38)20-13-31-17-32-14-20)15-23(24)34-28(37)16-40-26(25)10-18/h2,4,8-11,13-14,17,23-24H,3,5-7,12,15-16H2,1H3,(H,33,36)(H,34,37)/t23-,24-/m1/s1. The van der Waals surface area contributed by atoms with E-state index in [1.165, 1.54) is 38.0 Å². The van der Waals surface area contributed by atoms with Gasteiger partial charge in [-0.2, -0.15) is 0 Å². The lowest BCUT2D eigenvalue weighted by molar-refractivity contribution is -0.125. The highest BCUT2D eigenvalue weighted by Crippen LogP contribution is 2.29. The van der Waals surface area contributed by atoms with Gasteiger partial charge in [-0.05, 0) is 41.8 Å². The summed E-state index contributed by atoms with van der Waals surface area (Å²) in [6.45, 7) is 0.273. The van der Waals surface area contributed by atoms with Crippen molar-refractivity contribution in [2.24, 2.45) is 0 Å². The number of amides is 3. The number of fused-ring (bicyclic) bond motifs is 5. The highest BCUT2D eigenvalue weighted by molar-refractivity contribution is 5.93. The highest BCUT2D eigenvalue weighted by Gasteiger charge is 2.35. The normalized spacial score (nSPS) is 19.7. The molecule has 3 heterocycles. The average Bonchev–Trinajstić information content (AvgIpc) is 2.98. The summed E-state index contributed by atoms with van der Waals surface area (Å²) in [4.78, 5) is 48.1. The quantitative estimate of drug-likeness (QED) is 0.484. The van der Waals surface area contributed by atoms with Gasteiger partial charge in [0.05, 0.1) is 18.7 Å². The zero-order chi connectivity index (χ0) is 28.8. The number of carbonyl (C=O) groups is 3. The van der Waals surface area contributed by atoms with E-state index >= 15 is 0 Å². The topological polar surface area (TPSA) is 132 Å². The Morgan fingerprint density at radius 3 is 2.71 bits per heavy atom. The number of nitrogens with zero attached hydrogens (tertiary/aromatic N) is 3. The molecule has 1 aromatic heterocycles. The van der Waals surface area contributed by atoms with Crippen LogP contribution in [0.5, 0.6) is 17.2 Å². The van der Waals surface area contributed by atoms with Gasteiger partial charge in [0.15, 0.2) is 18.1 Å². The molecule has 12 heteroatoms. The van der Waals surface area contributed by atoms with Crippen molar-refractivity contribution in [1.82, 2.24) is 25.5 Å². The summed E-state index contributed by atoms with van der Waals surface area (Å²) in [6, 6.07) is 8.88. The van der Waals surface area contributed by atoms with E-state index in [0.717, 1.165) is 5.56 Å². The minimum absolute atomic E-state index is 0.121. The Morgan fingerprint density at radius 2 is 1.90 bits per heavy atom. The molecule has 2 N–H and O–H groups in total. The second-order valence-corrected chi connectivity index (χ2v) is 9.84. The maximum Gasteiger partial charge on any atom is 0.258 e. The largest absolute Gasteiger partial charge is 0.493 e. The number of carbonyl (C=O) groups excluding carboxylic acids is 3. The maximum atomic E-state index is 14.5. The van der Waals surface area contributed by atoms with E-state index in [0.29, 0.717) is 42.0 Å². The molecule has 0 spiro atoms. The summed E-state index contributed by atoms with van der Waals surface area (Å²) in [5, 5.41) is 5.75. The van der Waals surface area contributed by atoms with Gasteiger partial charge in [-0.25, -0.2) is 14.4 Å². The Hall–Kier alpha value is -4.74. The molecule has 41 heavy (non-hydrogen) atoms. The Labute approximate surface area is 236 Å². The predicted molar refractivity (Wildman–Crippen MR) is 144 cm³/mol. The highest BCUT2D eigenvalue weighted by atomic mass is 19.1. The predicted octanol–water partition coefficient (Wildman–Crippen LogP) is 2.04. The lowest BCUT2D eigenvalue weighted by atomic mass is 10.0. The smallest absolute Gasteiger partial charge is 0.258 e. The first-order valence-corrected chi connectivity index (χ1v) is 13.2. The third kappa shape index (κ3) is 7.07. The summed E-state index contributed by atoms with van der Waals surface area (Å²) in [7, 11) is 1.50. The van der Waals surface area contributed by atoms with Crippen molar-refractivity contribution in [2.45, 2.75) is 38.0 Å². The zero-order valence-corrected chi connectivity index (χ0v) is 22.5. The molecule has 2 aliphatic rings. The first-order chi connectivity index (χ1) is 19.9. The molecule has 11 nitrogen and oxygen atoms in total. The van der Waals surface area contributed by atoms with E-state index < -0.39 is 23.9 Å². The third-order valence-electron chi connectivity index (χ3n) is 6.93. The van der Waals surface area contributed by atoms with Crippen LogP contribution in [0.3, 0.4) is 0 Å². The minimum atomic E-state index is -0.632. The van der Waals surface area contributed by atoms with Gasteiger partial charge in [-0.1, -0.05) is 6.07 Å². The molecular formula is C29H30FN5O6. The van der Waals surface area contributed by atoms with Crippen LogP contribution in [0.15, 0.2) is 55.1 Å². The van der Waals surface area contributed by atoms with Crippen LogP contribution >= 0.6 is 0 Å². The number of likely N-dealkylation sites (tertiary alicyclic amines) is 1. The molecule has 0 aliphatic carbocycles. The molecule has 2 aliphatic heterocycles. The zero-order valence-electron chi connectivity index (χ0n) is 22.5.